The molecule has 1 rings (SSSR count). The maximum Gasteiger partial charge on any atom is 0.159 e. The van der Waals surface area contributed by atoms with Gasteiger partial charge in [0.25, 0.3) is 0 Å². The van der Waals surface area contributed by atoms with Gasteiger partial charge in [0, 0.05) is 13.7 Å². The van der Waals surface area contributed by atoms with Crippen molar-refractivity contribution in [1.29, 1.82) is 0 Å². The number of nitrogens with zero attached hydrogens (tertiary/aromatic N) is 2. The van der Waals surface area contributed by atoms with Gasteiger partial charge in [0.05, 0.1) is 19.0 Å². The monoisotopic (exact) mass is 184 g/mol. The highest BCUT2D eigenvalue weighted by Crippen LogP contribution is 2.19. The summed E-state index contributed by atoms with van der Waals surface area (Å²) in [6, 6.07) is 0. The third-order valence-corrected chi connectivity index (χ3v) is 2.10. The van der Waals surface area contributed by atoms with Crippen LogP contribution in [0.25, 0.3) is 0 Å². The summed E-state index contributed by atoms with van der Waals surface area (Å²) in [6.07, 6.45) is 2.48. The fraction of sp³-hybridized carbons (Fsp3) is 0.667. The van der Waals surface area contributed by atoms with E-state index in [1.807, 2.05) is 14.0 Å². The Labute approximate surface area is 78.1 Å². The highest BCUT2D eigenvalue weighted by Gasteiger charge is 2.11. The van der Waals surface area contributed by atoms with E-state index in [0.29, 0.717) is 0 Å². The van der Waals surface area contributed by atoms with Crippen LogP contribution in [0.2, 0.25) is 0 Å². The molecular formula is C9H16N2O2. The van der Waals surface area contributed by atoms with Crippen molar-refractivity contribution in [3.05, 3.63) is 11.9 Å². The van der Waals surface area contributed by atoms with Gasteiger partial charge in [0.15, 0.2) is 5.75 Å². The van der Waals surface area contributed by atoms with Crippen LogP contribution in [-0.2, 0) is 13.5 Å². The zero-order valence-corrected chi connectivity index (χ0v) is 8.32. The van der Waals surface area contributed by atoms with Gasteiger partial charge in [-0.3, -0.25) is 4.68 Å². The summed E-state index contributed by atoms with van der Waals surface area (Å²) in [5.74, 6) is 1.03. The van der Waals surface area contributed by atoms with Crippen molar-refractivity contribution in [3.63, 3.8) is 0 Å². The molecule has 0 aliphatic carbocycles. The summed E-state index contributed by atoms with van der Waals surface area (Å²) >= 11 is 0. The van der Waals surface area contributed by atoms with Gasteiger partial charge < -0.3 is 9.84 Å². The van der Waals surface area contributed by atoms with E-state index in [-0.39, 0.29) is 12.5 Å². The highest BCUT2D eigenvalue weighted by atomic mass is 16.5. The summed E-state index contributed by atoms with van der Waals surface area (Å²) in [4.78, 5) is 0. The van der Waals surface area contributed by atoms with E-state index >= 15 is 0 Å². The molecule has 1 heterocycles. The van der Waals surface area contributed by atoms with E-state index < -0.39 is 0 Å². The van der Waals surface area contributed by atoms with Crippen LogP contribution < -0.4 is 4.74 Å². The Bertz CT molecular complexity index is 271. The second kappa shape index (κ2) is 4.28. The number of aromatic nitrogens is 2. The van der Waals surface area contributed by atoms with Gasteiger partial charge in [-0.25, -0.2) is 0 Å². The number of hydrogen-bond donors (Lipinski definition) is 1. The largest absolute Gasteiger partial charge is 0.493 e. The first-order valence-corrected chi connectivity index (χ1v) is 4.34. The zero-order valence-electron chi connectivity index (χ0n) is 8.32. The Morgan fingerprint density at radius 2 is 2.38 bits per heavy atom. The molecular weight excluding hydrogens is 168 g/mol. The molecule has 0 saturated heterocycles. The predicted octanol–water partition coefficient (Wildman–Crippen LogP) is 0.600. The van der Waals surface area contributed by atoms with Crippen LogP contribution in [-0.4, -0.2) is 28.6 Å². The van der Waals surface area contributed by atoms with E-state index in [2.05, 4.69) is 5.10 Å². The summed E-state index contributed by atoms with van der Waals surface area (Å²) in [7, 11) is 3.51. The van der Waals surface area contributed by atoms with Gasteiger partial charge in [0.1, 0.15) is 0 Å². The van der Waals surface area contributed by atoms with E-state index in [1.54, 1.807) is 18.0 Å². The number of ether oxygens (including phenoxy) is 1. The quantitative estimate of drug-likeness (QED) is 0.745. The predicted molar refractivity (Wildman–Crippen MR) is 49.7 cm³/mol. The number of hydrogen-bond acceptors (Lipinski definition) is 3. The summed E-state index contributed by atoms with van der Waals surface area (Å²) in [5.41, 5.74) is 1.03. The number of aliphatic hydroxyl groups is 1. The first-order chi connectivity index (χ1) is 6.19. The average Bonchev–Trinajstić information content (AvgIpc) is 2.48. The van der Waals surface area contributed by atoms with Crippen molar-refractivity contribution in [2.45, 2.75) is 13.3 Å². The number of methoxy groups -OCH3 is 1. The van der Waals surface area contributed by atoms with Gasteiger partial charge in [-0.05, 0) is 12.3 Å². The molecule has 1 N–H and O–H groups in total. The average molecular weight is 184 g/mol. The van der Waals surface area contributed by atoms with Crippen molar-refractivity contribution in [2.75, 3.05) is 13.7 Å². The Balaban J connectivity index is 2.79. The molecule has 0 saturated carbocycles. The van der Waals surface area contributed by atoms with Crippen molar-refractivity contribution in [2.24, 2.45) is 13.0 Å². The Hall–Kier alpha value is -1.03. The SMILES string of the molecule is COc1cnn(C)c1CC(C)CO. The van der Waals surface area contributed by atoms with Gasteiger partial charge in [0.2, 0.25) is 0 Å². The van der Waals surface area contributed by atoms with Crippen LogP contribution in [0.5, 0.6) is 5.75 Å². The lowest BCUT2D eigenvalue weighted by Crippen LogP contribution is -2.09. The fourth-order valence-corrected chi connectivity index (χ4v) is 1.24. The van der Waals surface area contributed by atoms with Crippen molar-refractivity contribution in [1.82, 2.24) is 9.78 Å². The third kappa shape index (κ3) is 2.21. The molecule has 0 fully saturated rings. The minimum atomic E-state index is 0.189. The normalized spacial score (nSPS) is 12.9. The van der Waals surface area contributed by atoms with Crippen LogP contribution >= 0.6 is 0 Å². The second-order valence-corrected chi connectivity index (χ2v) is 3.28. The molecule has 0 spiro atoms. The van der Waals surface area contributed by atoms with Crippen molar-refractivity contribution < 1.29 is 9.84 Å². The van der Waals surface area contributed by atoms with E-state index in [0.717, 1.165) is 17.9 Å². The minimum Gasteiger partial charge on any atom is -0.493 e. The van der Waals surface area contributed by atoms with Crippen molar-refractivity contribution >= 4 is 0 Å². The van der Waals surface area contributed by atoms with Crippen LogP contribution in [0.15, 0.2) is 6.20 Å². The smallest absolute Gasteiger partial charge is 0.159 e. The summed E-state index contributed by atoms with van der Waals surface area (Å²) in [5, 5.41) is 13.0. The van der Waals surface area contributed by atoms with Crippen LogP contribution in [0.4, 0.5) is 0 Å². The maximum atomic E-state index is 8.92. The molecule has 0 radical (unpaired) electrons. The van der Waals surface area contributed by atoms with E-state index in [9.17, 15) is 0 Å². The van der Waals surface area contributed by atoms with E-state index in [1.165, 1.54) is 0 Å². The van der Waals surface area contributed by atoms with Gasteiger partial charge >= 0.3 is 0 Å². The zero-order chi connectivity index (χ0) is 9.84. The topological polar surface area (TPSA) is 47.3 Å². The lowest BCUT2D eigenvalue weighted by molar-refractivity contribution is 0.234. The Kier molecular flexibility index (Phi) is 3.31. The first kappa shape index (κ1) is 10.1. The molecule has 1 aromatic heterocycles. The van der Waals surface area contributed by atoms with Crippen LogP contribution in [0.1, 0.15) is 12.6 Å². The van der Waals surface area contributed by atoms with Gasteiger partial charge in [-0.1, -0.05) is 6.92 Å². The Morgan fingerprint density at radius 3 is 2.92 bits per heavy atom. The first-order valence-electron chi connectivity index (χ1n) is 4.34. The molecule has 1 unspecified atom stereocenters. The lowest BCUT2D eigenvalue weighted by atomic mass is 10.1. The molecule has 0 aliphatic rings. The molecule has 4 heteroatoms. The summed E-state index contributed by atoms with van der Waals surface area (Å²) in [6.45, 7) is 2.18. The lowest BCUT2D eigenvalue weighted by Gasteiger charge is -2.09. The van der Waals surface area contributed by atoms with Crippen LogP contribution in [0, 0.1) is 5.92 Å². The van der Waals surface area contributed by atoms with E-state index in [4.69, 9.17) is 9.84 Å². The highest BCUT2D eigenvalue weighted by molar-refractivity contribution is 5.25. The molecule has 0 aromatic carbocycles. The van der Waals surface area contributed by atoms with Gasteiger partial charge in [-0.15, -0.1) is 0 Å². The molecule has 1 atom stereocenters. The fourth-order valence-electron chi connectivity index (χ4n) is 1.24. The van der Waals surface area contributed by atoms with Crippen molar-refractivity contribution in [3.8, 4) is 5.75 Å². The van der Waals surface area contributed by atoms with Gasteiger partial charge in [-0.2, -0.15) is 5.10 Å². The minimum absolute atomic E-state index is 0.189. The number of aryl methyl sites for hydroxylation is 1. The third-order valence-electron chi connectivity index (χ3n) is 2.10. The number of rotatable bonds is 4. The molecule has 1 aromatic rings. The standard InChI is InChI=1S/C9H16N2O2/c1-7(6-12)4-8-9(13-3)5-10-11(8)2/h5,7,12H,4,6H2,1-3H3. The molecule has 0 bridgehead atoms. The maximum absolute atomic E-state index is 8.92. The second-order valence-electron chi connectivity index (χ2n) is 3.28. The Morgan fingerprint density at radius 1 is 1.69 bits per heavy atom. The molecule has 4 nitrogen and oxygen atoms in total. The molecule has 13 heavy (non-hydrogen) atoms. The summed E-state index contributed by atoms with van der Waals surface area (Å²) < 4.78 is 6.93. The molecule has 74 valence electrons. The number of aliphatic hydroxyl groups excluding tert-OH is 1. The molecule has 0 amide bonds. The van der Waals surface area contributed by atoms with Crippen LogP contribution in [0.3, 0.4) is 0 Å². The molecule has 0 aliphatic heterocycles.